The van der Waals surface area contributed by atoms with E-state index in [1.165, 1.54) is 12.5 Å². The fourth-order valence-corrected chi connectivity index (χ4v) is 8.70. The van der Waals surface area contributed by atoms with E-state index in [2.05, 4.69) is 31.0 Å². The highest BCUT2D eigenvalue weighted by molar-refractivity contribution is 6.06. The van der Waals surface area contributed by atoms with E-state index in [9.17, 15) is 9.59 Å². The van der Waals surface area contributed by atoms with Crippen LogP contribution in [0.25, 0.3) is 6.08 Å². The highest BCUT2D eigenvalue weighted by Gasteiger charge is 2.60. The van der Waals surface area contributed by atoms with E-state index in [4.69, 9.17) is 14.2 Å². The Kier molecular flexibility index (Phi) is 7.79. The lowest BCUT2D eigenvalue weighted by molar-refractivity contribution is -0.148. The van der Waals surface area contributed by atoms with Crippen molar-refractivity contribution in [3.63, 3.8) is 0 Å². The average Bonchev–Trinajstić information content (AvgIpc) is 3.58. The van der Waals surface area contributed by atoms with E-state index in [1.54, 1.807) is 13.3 Å². The zero-order chi connectivity index (χ0) is 29.5. The molecule has 3 fully saturated rings. The van der Waals surface area contributed by atoms with E-state index in [0.717, 1.165) is 69.0 Å². The van der Waals surface area contributed by atoms with Gasteiger partial charge in [-0.05, 0) is 97.5 Å². The summed E-state index contributed by atoms with van der Waals surface area (Å²) in [5.41, 5.74) is 3.23. The number of esters is 1. The van der Waals surface area contributed by atoms with Crippen molar-refractivity contribution in [2.45, 2.75) is 84.8 Å². The summed E-state index contributed by atoms with van der Waals surface area (Å²) in [6, 6.07) is 5.96. The number of nitrogens with zero attached hydrogens (tertiary/aromatic N) is 2. The summed E-state index contributed by atoms with van der Waals surface area (Å²) in [6.07, 6.45) is 17.7. The highest BCUT2D eigenvalue weighted by Crippen LogP contribution is 2.65. The van der Waals surface area contributed by atoms with Gasteiger partial charge < -0.3 is 18.8 Å². The largest absolute Gasteiger partial charge is 0.493 e. The Morgan fingerprint density at radius 2 is 1.95 bits per heavy atom. The molecule has 0 saturated heterocycles. The molecule has 0 bridgehead atoms. The summed E-state index contributed by atoms with van der Waals surface area (Å²) in [7, 11) is 1.66. The van der Waals surface area contributed by atoms with Gasteiger partial charge in [0.2, 0.25) is 0 Å². The van der Waals surface area contributed by atoms with Crippen molar-refractivity contribution in [3.05, 3.63) is 59.7 Å². The van der Waals surface area contributed by atoms with Crippen LogP contribution < -0.4 is 9.47 Å². The molecular formula is C35H44N2O5. The fraction of sp³-hybridized carbons (Fsp3) is 0.571. The number of hydrogen-bond acceptors (Lipinski definition) is 6. The highest BCUT2D eigenvalue weighted by atomic mass is 16.5. The number of hydrogen-bond donors (Lipinski definition) is 0. The summed E-state index contributed by atoms with van der Waals surface area (Å²) in [5, 5.41) is 0. The van der Waals surface area contributed by atoms with Crippen LogP contribution in [0.1, 0.15) is 77.7 Å². The van der Waals surface area contributed by atoms with Gasteiger partial charge >= 0.3 is 5.97 Å². The van der Waals surface area contributed by atoms with Crippen LogP contribution >= 0.6 is 0 Å². The van der Waals surface area contributed by atoms with E-state index >= 15 is 0 Å². The van der Waals surface area contributed by atoms with Crippen molar-refractivity contribution < 1.29 is 23.8 Å². The number of aromatic nitrogens is 2. The number of ketones is 1. The minimum Gasteiger partial charge on any atom is -0.493 e. The standard InChI is InChI=1S/C35H44N2O5/c1-23(38)42-27-10-12-34(2)26(21-27)7-8-28-29(34)11-13-35(3)30(28)20-25(33(35)39)18-24-6-9-31(32(19-24)40-4)41-17-5-15-37-16-14-36-22-37/h6-7,9,14,16,18-19,22,27-30H,5,8,10-13,15,17,20-21H2,1-4H3/t27-,28+,29-,30-,34-,35-/m0/s1. The van der Waals surface area contributed by atoms with Crippen molar-refractivity contribution >= 4 is 17.8 Å². The van der Waals surface area contributed by atoms with Crippen LogP contribution in [0.5, 0.6) is 11.5 Å². The number of fused-ring (bicyclic) bond motifs is 5. The molecule has 6 atom stereocenters. The summed E-state index contributed by atoms with van der Waals surface area (Å²) < 4.78 is 19.3. The average molecular weight is 573 g/mol. The Bertz CT molecular complexity index is 1390. The molecule has 0 aliphatic heterocycles. The van der Waals surface area contributed by atoms with Gasteiger partial charge in [-0.25, -0.2) is 4.98 Å². The Hall–Kier alpha value is -3.35. The first kappa shape index (κ1) is 28.8. The number of benzene rings is 1. The minimum atomic E-state index is -0.300. The second-order valence-corrected chi connectivity index (χ2v) is 13.3. The monoisotopic (exact) mass is 572 g/mol. The molecule has 0 unspecified atom stereocenters. The molecule has 1 aromatic heterocycles. The minimum absolute atomic E-state index is 0.00550. The molecule has 7 heteroatoms. The van der Waals surface area contributed by atoms with Gasteiger partial charge in [0.05, 0.1) is 20.0 Å². The first-order valence-corrected chi connectivity index (χ1v) is 15.6. The van der Waals surface area contributed by atoms with Crippen molar-refractivity contribution in [1.82, 2.24) is 9.55 Å². The van der Waals surface area contributed by atoms with Crippen molar-refractivity contribution in [2.24, 2.45) is 28.6 Å². The zero-order valence-corrected chi connectivity index (χ0v) is 25.4. The van der Waals surface area contributed by atoms with Crippen molar-refractivity contribution in [2.75, 3.05) is 13.7 Å². The molecule has 2 aromatic rings. The van der Waals surface area contributed by atoms with E-state index < -0.39 is 0 Å². The number of allylic oxidation sites excluding steroid dienone is 2. The van der Waals surface area contributed by atoms with Gasteiger partial charge in [-0.15, -0.1) is 0 Å². The molecule has 7 nitrogen and oxygen atoms in total. The van der Waals surface area contributed by atoms with Crippen molar-refractivity contribution in [1.29, 1.82) is 0 Å². The lowest BCUT2D eigenvalue weighted by Gasteiger charge is -2.56. The normalized spacial score (nSPS) is 32.9. The number of methoxy groups -OCH3 is 1. The third kappa shape index (κ3) is 5.20. The van der Waals surface area contributed by atoms with Crippen LogP contribution in [0.2, 0.25) is 0 Å². The number of Topliss-reactive ketones (excluding diaryl/α,β-unsaturated/α-hetero) is 1. The fourth-order valence-electron chi connectivity index (χ4n) is 8.70. The molecule has 4 aliphatic rings. The Labute approximate surface area is 249 Å². The zero-order valence-electron chi connectivity index (χ0n) is 25.4. The van der Waals surface area contributed by atoms with Crippen LogP contribution in [0.3, 0.4) is 0 Å². The molecule has 42 heavy (non-hydrogen) atoms. The molecule has 6 rings (SSSR count). The second-order valence-electron chi connectivity index (χ2n) is 13.3. The van der Waals surface area contributed by atoms with Crippen LogP contribution in [0, 0.1) is 28.6 Å². The number of rotatable bonds is 8. The predicted molar refractivity (Wildman–Crippen MR) is 161 cm³/mol. The van der Waals surface area contributed by atoms with Gasteiger partial charge in [0.15, 0.2) is 17.3 Å². The van der Waals surface area contributed by atoms with Gasteiger partial charge in [0.1, 0.15) is 6.10 Å². The first-order valence-electron chi connectivity index (χ1n) is 15.6. The SMILES string of the molecule is COc1cc(C=C2C[C@H]3[C@@H]4CC=C5C[C@@H](OC(C)=O)CC[C@]5(C)[C@H]4CC[C@]3(C)C2=O)ccc1OCCCn1ccnc1. The summed E-state index contributed by atoms with van der Waals surface area (Å²) in [4.78, 5) is 29.6. The van der Waals surface area contributed by atoms with Gasteiger partial charge in [-0.2, -0.15) is 0 Å². The topological polar surface area (TPSA) is 79.6 Å². The van der Waals surface area contributed by atoms with E-state index in [-0.39, 0.29) is 22.9 Å². The molecule has 1 aromatic carbocycles. The second kappa shape index (κ2) is 11.4. The lowest BCUT2D eigenvalue weighted by Crippen LogP contribution is -2.50. The predicted octanol–water partition coefficient (Wildman–Crippen LogP) is 6.82. The van der Waals surface area contributed by atoms with E-state index in [1.807, 2.05) is 35.3 Å². The van der Waals surface area contributed by atoms with Gasteiger partial charge in [0.25, 0.3) is 0 Å². The van der Waals surface area contributed by atoms with E-state index in [0.29, 0.717) is 41.6 Å². The maximum absolute atomic E-state index is 13.9. The molecule has 1 heterocycles. The van der Waals surface area contributed by atoms with Crippen LogP contribution in [0.15, 0.2) is 54.1 Å². The lowest BCUT2D eigenvalue weighted by atomic mass is 9.48. The van der Waals surface area contributed by atoms with Crippen molar-refractivity contribution in [3.8, 4) is 11.5 Å². The molecule has 0 radical (unpaired) electrons. The van der Waals surface area contributed by atoms with Crippen LogP contribution in [-0.2, 0) is 20.9 Å². The number of ether oxygens (including phenoxy) is 3. The Morgan fingerprint density at radius 1 is 1.12 bits per heavy atom. The third-order valence-corrected chi connectivity index (χ3v) is 10.9. The summed E-state index contributed by atoms with van der Waals surface area (Å²) >= 11 is 0. The molecular weight excluding hydrogens is 528 g/mol. The molecule has 0 spiro atoms. The van der Waals surface area contributed by atoms with Gasteiger partial charge in [0, 0.05) is 37.7 Å². The molecule has 224 valence electrons. The Morgan fingerprint density at radius 3 is 2.71 bits per heavy atom. The molecule has 0 amide bonds. The maximum atomic E-state index is 13.9. The number of imidazole rings is 1. The quantitative estimate of drug-likeness (QED) is 0.150. The number of carbonyl (C=O) groups excluding carboxylic acids is 2. The molecule has 3 saturated carbocycles. The summed E-state index contributed by atoms with van der Waals surface area (Å²) in [5.74, 6) is 2.98. The van der Waals surface area contributed by atoms with Crippen LogP contribution in [0.4, 0.5) is 0 Å². The Balaban J connectivity index is 1.16. The third-order valence-electron chi connectivity index (χ3n) is 10.9. The smallest absolute Gasteiger partial charge is 0.302 e. The maximum Gasteiger partial charge on any atom is 0.302 e. The molecule has 0 N–H and O–H groups in total. The van der Waals surface area contributed by atoms with Gasteiger partial charge in [-0.1, -0.05) is 31.6 Å². The number of carbonyl (C=O) groups is 2. The number of aryl methyl sites for hydroxylation is 1. The summed E-state index contributed by atoms with van der Waals surface area (Å²) in [6.45, 7) is 7.59. The molecule has 4 aliphatic carbocycles. The van der Waals surface area contributed by atoms with Crippen LogP contribution in [-0.4, -0.2) is 41.1 Å². The van der Waals surface area contributed by atoms with Gasteiger partial charge in [-0.3, -0.25) is 9.59 Å². The first-order chi connectivity index (χ1) is 20.2.